The van der Waals surface area contributed by atoms with E-state index in [9.17, 15) is 0 Å². The molecule has 0 aliphatic carbocycles. The molecule has 0 amide bonds. The van der Waals surface area contributed by atoms with Crippen molar-refractivity contribution in [1.82, 2.24) is 0 Å². The highest BCUT2D eigenvalue weighted by Crippen LogP contribution is 2.34. The van der Waals surface area contributed by atoms with Gasteiger partial charge in [0.25, 0.3) is 0 Å². The fourth-order valence-electron chi connectivity index (χ4n) is 2.06. The summed E-state index contributed by atoms with van der Waals surface area (Å²) >= 11 is 0. The first-order valence-corrected chi connectivity index (χ1v) is 5.82. The van der Waals surface area contributed by atoms with Crippen LogP contribution in [-0.4, -0.2) is 31.8 Å². The van der Waals surface area contributed by atoms with E-state index in [4.69, 9.17) is 4.74 Å². The molecule has 1 aliphatic heterocycles. The number of quaternary nitrogens is 1. The summed E-state index contributed by atoms with van der Waals surface area (Å²) in [6.45, 7) is 7.32. The molecule has 0 aromatic carbocycles. The van der Waals surface area contributed by atoms with E-state index < -0.39 is 0 Å². The van der Waals surface area contributed by atoms with Crippen LogP contribution in [0, 0.1) is 11.8 Å². The van der Waals surface area contributed by atoms with Crippen LogP contribution >= 0.6 is 0 Å². The molecule has 1 aliphatic rings. The van der Waals surface area contributed by atoms with Gasteiger partial charge in [0.15, 0.2) is 0 Å². The maximum atomic E-state index is 6.06. The molecule has 86 valence electrons. The number of hydrogen-bond donors (Lipinski definition) is 1. The molecule has 0 unspecified atom stereocenters. The second-order valence-corrected chi connectivity index (χ2v) is 5.63. The van der Waals surface area contributed by atoms with E-state index in [1.165, 1.54) is 11.3 Å². The molecule has 1 saturated heterocycles. The summed E-state index contributed by atoms with van der Waals surface area (Å²) in [7, 11) is 4.23. The van der Waals surface area contributed by atoms with Crippen molar-refractivity contribution in [2.75, 3.05) is 20.6 Å². The zero-order valence-corrected chi connectivity index (χ0v) is 10.7. The third-order valence-electron chi connectivity index (χ3n) is 2.73. The van der Waals surface area contributed by atoms with Gasteiger partial charge in [0.1, 0.15) is 12.1 Å². The van der Waals surface area contributed by atoms with Crippen molar-refractivity contribution in [2.45, 2.75) is 51.2 Å². The van der Waals surface area contributed by atoms with Gasteiger partial charge in [-0.2, -0.15) is 0 Å². The van der Waals surface area contributed by atoms with Gasteiger partial charge in [-0.3, -0.25) is 0 Å². The second kappa shape index (κ2) is 4.55. The van der Waals surface area contributed by atoms with Gasteiger partial charge in [0.2, 0.25) is 0 Å². The molecule has 1 atom stereocenters. The normalized spacial score (nSPS) is 29.7. The topological polar surface area (TPSA) is 13.7 Å². The molecular formula is C13H24NO+. The molecule has 0 spiro atoms. The third-order valence-corrected chi connectivity index (χ3v) is 2.73. The van der Waals surface area contributed by atoms with Crippen molar-refractivity contribution >= 4 is 0 Å². The summed E-state index contributed by atoms with van der Waals surface area (Å²) in [4.78, 5) is 1.36. The Kier molecular flexibility index (Phi) is 3.81. The van der Waals surface area contributed by atoms with Crippen molar-refractivity contribution in [2.24, 2.45) is 0 Å². The Balaban J connectivity index is 2.60. The predicted molar refractivity (Wildman–Crippen MR) is 62.9 cm³/mol. The monoisotopic (exact) mass is 210 g/mol. The van der Waals surface area contributed by atoms with Gasteiger partial charge in [-0.1, -0.05) is 5.92 Å². The van der Waals surface area contributed by atoms with E-state index in [1.54, 1.807) is 0 Å². The highest BCUT2D eigenvalue weighted by molar-refractivity contribution is 5.14. The fourth-order valence-corrected chi connectivity index (χ4v) is 2.06. The number of hydrogen-bond acceptors (Lipinski definition) is 1. The summed E-state index contributed by atoms with van der Waals surface area (Å²) in [6, 6.07) is 0. The molecule has 0 aromatic rings. The maximum Gasteiger partial charge on any atom is 0.139 e. The van der Waals surface area contributed by atoms with Gasteiger partial charge in [-0.05, 0) is 46.0 Å². The molecule has 0 aromatic heterocycles. The van der Waals surface area contributed by atoms with Gasteiger partial charge >= 0.3 is 0 Å². The van der Waals surface area contributed by atoms with Crippen LogP contribution in [0.3, 0.4) is 0 Å². The minimum atomic E-state index is -0.225. The van der Waals surface area contributed by atoms with E-state index in [-0.39, 0.29) is 11.2 Å². The Hall–Kier alpha value is -0.520. The lowest BCUT2D eigenvalue weighted by Crippen LogP contribution is -3.05. The lowest BCUT2D eigenvalue weighted by Gasteiger charge is -2.40. The summed E-state index contributed by atoms with van der Waals surface area (Å²) in [5.41, 5.74) is -0.232. The molecule has 1 N–H and O–H groups in total. The molecule has 2 heteroatoms. The van der Waals surface area contributed by atoms with E-state index in [1.807, 2.05) is 0 Å². The molecule has 0 bridgehead atoms. The summed E-state index contributed by atoms with van der Waals surface area (Å²) in [6.07, 6.45) is 3.42. The SMILES string of the molecule is C[NH+](C)CC#C[C@@]1(C)CCCC(C)(C)O1. The number of nitrogens with one attached hydrogen (secondary N) is 1. The van der Waals surface area contributed by atoms with Crippen LogP contribution in [-0.2, 0) is 4.74 Å². The van der Waals surface area contributed by atoms with Crippen LogP contribution < -0.4 is 4.90 Å². The molecule has 1 rings (SSSR count). The Bertz CT molecular complexity index is 272. The van der Waals surface area contributed by atoms with Gasteiger partial charge in [0, 0.05) is 0 Å². The van der Waals surface area contributed by atoms with E-state index in [0.29, 0.717) is 0 Å². The zero-order valence-electron chi connectivity index (χ0n) is 10.7. The summed E-state index contributed by atoms with van der Waals surface area (Å²) in [5, 5.41) is 0. The zero-order chi connectivity index (χ0) is 11.5. The summed E-state index contributed by atoms with van der Waals surface area (Å²) in [5.74, 6) is 6.51. The highest BCUT2D eigenvalue weighted by atomic mass is 16.5. The van der Waals surface area contributed by atoms with Crippen molar-refractivity contribution in [3.63, 3.8) is 0 Å². The molecular weight excluding hydrogens is 186 g/mol. The minimum absolute atomic E-state index is 0.00729. The largest absolute Gasteiger partial charge is 0.357 e. The molecule has 1 heterocycles. The lowest BCUT2D eigenvalue weighted by molar-refractivity contribution is -0.850. The van der Waals surface area contributed by atoms with Crippen LogP contribution in [0.25, 0.3) is 0 Å². The van der Waals surface area contributed by atoms with Crippen molar-refractivity contribution < 1.29 is 9.64 Å². The fraction of sp³-hybridized carbons (Fsp3) is 0.846. The molecule has 2 nitrogen and oxygen atoms in total. The molecule has 15 heavy (non-hydrogen) atoms. The molecule has 1 fully saturated rings. The first kappa shape index (κ1) is 12.5. The Morgan fingerprint density at radius 2 is 1.87 bits per heavy atom. The van der Waals surface area contributed by atoms with Crippen LogP contribution in [0.4, 0.5) is 0 Å². The van der Waals surface area contributed by atoms with Crippen LogP contribution in [0.2, 0.25) is 0 Å². The van der Waals surface area contributed by atoms with Gasteiger partial charge in [0.05, 0.1) is 19.7 Å². The Morgan fingerprint density at radius 1 is 1.20 bits per heavy atom. The standard InChI is InChI=1S/C13H23NO/c1-12(2)8-6-9-13(3,15-12)10-7-11-14(4)5/h6,8-9,11H2,1-5H3/p+1/t13-/m1/s1. The van der Waals surface area contributed by atoms with Crippen molar-refractivity contribution in [1.29, 1.82) is 0 Å². The average Bonchev–Trinajstić information content (AvgIpc) is 1.99. The number of ether oxygens (including phenoxy) is 1. The molecule has 0 radical (unpaired) electrons. The second-order valence-electron chi connectivity index (χ2n) is 5.63. The lowest BCUT2D eigenvalue weighted by atomic mass is 9.88. The third kappa shape index (κ3) is 4.24. The number of rotatable bonds is 1. The highest BCUT2D eigenvalue weighted by Gasteiger charge is 2.35. The van der Waals surface area contributed by atoms with Crippen LogP contribution in [0.1, 0.15) is 40.0 Å². The van der Waals surface area contributed by atoms with Crippen LogP contribution in [0.15, 0.2) is 0 Å². The summed E-state index contributed by atoms with van der Waals surface area (Å²) < 4.78 is 6.06. The van der Waals surface area contributed by atoms with E-state index >= 15 is 0 Å². The van der Waals surface area contributed by atoms with E-state index in [2.05, 4.69) is 46.7 Å². The van der Waals surface area contributed by atoms with Gasteiger partial charge in [-0.15, -0.1) is 0 Å². The van der Waals surface area contributed by atoms with Gasteiger partial charge in [-0.25, -0.2) is 0 Å². The quantitative estimate of drug-likeness (QED) is 0.634. The maximum absolute atomic E-state index is 6.06. The first-order chi connectivity index (χ1) is 6.83. The Labute approximate surface area is 94.0 Å². The minimum Gasteiger partial charge on any atom is -0.357 e. The van der Waals surface area contributed by atoms with Crippen molar-refractivity contribution in [3.8, 4) is 11.8 Å². The van der Waals surface area contributed by atoms with Crippen molar-refractivity contribution in [3.05, 3.63) is 0 Å². The smallest absolute Gasteiger partial charge is 0.139 e. The van der Waals surface area contributed by atoms with E-state index in [0.717, 1.165) is 19.4 Å². The Morgan fingerprint density at radius 3 is 2.40 bits per heavy atom. The van der Waals surface area contributed by atoms with Crippen LogP contribution in [0.5, 0.6) is 0 Å². The predicted octanol–water partition coefficient (Wildman–Crippen LogP) is 0.872. The average molecular weight is 210 g/mol. The first-order valence-electron chi connectivity index (χ1n) is 5.82. The van der Waals surface area contributed by atoms with Gasteiger partial charge < -0.3 is 9.64 Å². The molecule has 0 saturated carbocycles.